The van der Waals surface area contributed by atoms with Crippen molar-refractivity contribution in [1.82, 2.24) is 4.90 Å². The van der Waals surface area contributed by atoms with Crippen LogP contribution in [0.4, 0.5) is 0 Å². The fourth-order valence-corrected chi connectivity index (χ4v) is 3.33. The van der Waals surface area contributed by atoms with E-state index in [-0.39, 0.29) is 27.7 Å². The molecule has 0 atom stereocenters. The highest BCUT2D eigenvalue weighted by Crippen LogP contribution is 2.34. The number of aryl methyl sites for hydroxylation is 1. The van der Waals surface area contributed by atoms with E-state index in [2.05, 4.69) is 13.8 Å². The van der Waals surface area contributed by atoms with Crippen LogP contribution in [-0.2, 0) is 10.0 Å². The van der Waals surface area contributed by atoms with Crippen LogP contribution in [0, 0.1) is 12.3 Å². The van der Waals surface area contributed by atoms with Gasteiger partial charge in [0.05, 0.1) is 0 Å². The van der Waals surface area contributed by atoms with E-state index in [1.807, 2.05) is 0 Å². The summed E-state index contributed by atoms with van der Waals surface area (Å²) in [6.45, 7) is 7.19. The summed E-state index contributed by atoms with van der Waals surface area (Å²) in [6.07, 6.45) is 2.97. The molecular formula is C14H22N2O4S. The maximum absolute atomic E-state index is 12.4. The molecule has 1 amide bonds. The Labute approximate surface area is 125 Å². The summed E-state index contributed by atoms with van der Waals surface area (Å²) in [5.41, 5.74) is 0.279. The predicted molar refractivity (Wildman–Crippen MR) is 78.4 cm³/mol. The van der Waals surface area contributed by atoms with E-state index < -0.39 is 10.0 Å². The minimum absolute atomic E-state index is 0.0385. The van der Waals surface area contributed by atoms with Crippen molar-refractivity contribution in [2.24, 2.45) is 10.6 Å². The third-order valence-electron chi connectivity index (χ3n) is 4.50. The average Bonchev–Trinajstić information content (AvgIpc) is 2.81. The van der Waals surface area contributed by atoms with Gasteiger partial charge in [-0.25, -0.2) is 13.6 Å². The van der Waals surface area contributed by atoms with Gasteiger partial charge in [0.15, 0.2) is 5.76 Å². The first-order valence-electron chi connectivity index (χ1n) is 7.09. The van der Waals surface area contributed by atoms with E-state index in [0.29, 0.717) is 13.1 Å². The highest BCUT2D eigenvalue weighted by Gasteiger charge is 2.32. The van der Waals surface area contributed by atoms with Crippen LogP contribution in [-0.4, -0.2) is 32.3 Å². The lowest BCUT2D eigenvalue weighted by Gasteiger charge is -2.38. The molecule has 7 heteroatoms. The second-order valence-electron chi connectivity index (χ2n) is 6.03. The molecule has 2 heterocycles. The first kappa shape index (κ1) is 16.0. The van der Waals surface area contributed by atoms with Crippen molar-refractivity contribution < 1.29 is 17.6 Å². The number of hydrogen-bond acceptors (Lipinski definition) is 4. The van der Waals surface area contributed by atoms with Gasteiger partial charge >= 0.3 is 0 Å². The Morgan fingerprint density at radius 2 is 2.00 bits per heavy atom. The maximum atomic E-state index is 12.4. The molecule has 1 saturated heterocycles. The van der Waals surface area contributed by atoms with Gasteiger partial charge in [-0.2, -0.15) is 0 Å². The third kappa shape index (κ3) is 3.29. The summed E-state index contributed by atoms with van der Waals surface area (Å²) in [7, 11) is -3.86. The standard InChI is InChI=1S/C14H22N2O4S/c1-4-14(3)5-7-16(8-6-14)13(17)11-9-12(10(2)20-11)21(15,18)19/h9H,4-8H2,1-3H3,(H2,15,18,19). The van der Waals surface area contributed by atoms with Crippen molar-refractivity contribution in [3.05, 3.63) is 17.6 Å². The van der Waals surface area contributed by atoms with Gasteiger partial charge in [0.1, 0.15) is 10.7 Å². The Morgan fingerprint density at radius 1 is 1.43 bits per heavy atom. The van der Waals surface area contributed by atoms with Crippen LogP contribution < -0.4 is 5.14 Å². The quantitative estimate of drug-likeness (QED) is 0.921. The molecule has 2 rings (SSSR count). The molecule has 1 aliphatic rings. The van der Waals surface area contributed by atoms with Crippen LogP contribution in [0.1, 0.15) is 49.4 Å². The van der Waals surface area contributed by atoms with Gasteiger partial charge in [0.2, 0.25) is 10.0 Å². The van der Waals surface area contributed by atoms with Crippen LogP contribution in [0.15, 0.2) is 15.4 Å². The van der Waals surface area contributed by atoms with Crippen LogP contribution in [0.2, 0.25) is 0 Å². The number of carbonyl (C=O) groups is 1. The lowest BCUT2D eigenvalue weighted by atomic mass is 9.78. The van der Waals surface area contributed by atoms with Gasteiger partial charge in [0, 0.05) is 19.2 Å². The Hall–Kier alpha value is -1.34. The molecule has 1 fully saturated rings. The smallest absolute Gasteiger partial charge is 0.289 e. The van der Waals surface area contributed by atoms with E-state index in [1.165, 1.54) is 13.0 Å². The van der Waals surface area contributed by atoms with Crippen molar-refractivity contribution in [1.29, 1.82) is 0 Å². The van der Waals surface area contributed by atoms with Crippen LogP contribution in [0.25, 0.3) is 0 Å². The molecule has 0 aliphatic carbocycles. The first-order valence-corrected chi connectivity index (χ1v) is 8.63. The predicted octanol–water partition coefficient (Wildman–Crippen LogP) is 1.89. The van der Waals surface area contributed by atoms with E-state index in [9.17, 15) is 13.2 Å². The monoisotopic (exact) mass is 314 g/mol. The lowest BCUT2D eigenvalue weighted by Crippen LogP contribution is -2.41. The fourth-order valence-electron chi connectivity index (χ4n) is 2.61. The largest absolute Gasteiger partial charge is 0.455 e. The zero-order valence-corrected chi connectivity index (χ0v) is 13.5. The van der Waals surface area contributed by atoms with Crippen molar-refractivity contribution in [3.8, 4) is 0 Å². The van der Waals surface area contributed by atoms with E-state index in [4.69, 9.17) is 9.56 Å². The molecule has 0 aromatic carbocycles. The molecule has 21 heavy (non-hydrogen) atoms. The number of hydrogen-bond donors (Lipinski definition) is 1. The second-order valence-corrected chi connectivity index (χ2v) is 7.56. The van der Waals surface area contributed by atoms with Gasteiger partial charge in [-0.15, -0.1) is 0 Å². The van der Waals surface area contributed by atoms with Crippen LogP contribution in [0.5, 0.6) is 0 Å². The topological polar surface area (TPSA) is 93.6 Å². The van der Waals surface area contributed by atoms with Gasteiger partial charge in [0.25, 0.3) is 5.91 Å². The van der Waals surface area contributed by atoms with Crippen molar-refractivity contribution in [2.45, 2.75) is 44.9 Å². The number of piperidine rings is 1. The number of likely N-dealkylation sites (tertiary alicyclic amines) is 1. The first-order chi connectivity index (χ1) is 9.66. The van der Waals surface area contributed by atoms with Gasteiger partial charge in [-0.1, -0.05) is 20.3 Å². The number of nitrogens with zero attached hydrogens (tertiary/aromatic N) is 1. The van der Waals surface area contributed by atoms with Gasteiger partial charge in [-0.05, 0) is 25.2 Å². The summed E-state index contributed by atoms with van der Waals surface area (Å²) in [6, 6.07) is 1.22. The average molecular weight is 314 g/mol. The Morgan fingerprint density at radius 3 is 2.43 bits per heavy atom. The SMILES string of the molecule is CCC1(C)CCN(C(=O)c2cc(S(N)(=O)=O)c(C)o2)CC1. The fraction of sp³-hybridized carbons (Fsp3) is 0.643. The van der Waals surface area contributed by atoms with E-state index in [0.717, 1.165) is 19.3 Å². The molecule has 0 spiro atoms. The number of amides is 1. The number of carbonyl (C=O) groups excluding carboxylic acids is 1. The maximum Gasteiger partial charge on any atom is 0.289 e. The number of sulfonamides is 1. The molecule has 1 aliphatic heterocycles. The molecule has 1 aromatic rings. The van der Waals surface area contributed by atoms with E-state index >= 15 is 0 Å². The molecule has 0 unspecified atom stereocenters. The molecule has 0 saturated carbocycles. The summed E-state index contributed by atoms with van der Waals surface area (Å²) in [4.78, 5) is 14.0. The molecule has 0 bridgehead atoms. The summed E-state index contributed by atoms with van der Waals surface area (Å²) >= 11 is 0. The summed E-state index contributed by atoms with van der Waals surface area (Å²) in [5, 5.41) is 5.09. The Kier molecular flexibility index (Phi) is 4.17. The number of primary sulfonamides is 1. The highest BCUT2D eigenvalue weighted by molar-refractivity contribution is 7.89. The summed E-state index contributed by atoms with van der Waals surface area (Å²) in [5.74, 6) is -0.0842. The van der Waals surface area contributed by atoms with Gasteiger partial charge in [-0.3, -0.25) is 4.79 Å². The highest BCUT2D eigenvalue weighted by atomic mass is 32.2. The number of rotatable bonds is 3. The molecule has 6 nitrogen and oxygen atoms in total. The number of furan rings is 1. The zero-order chi connectivity index (χ0) is 15.8. The van der Waals surface area contributed by atoms with Crippen molar-refractivity contribution in [3.63, 3.8) is 0 Å². The molecule has 1 aromatic heterocycles. The summed E-state index contributed by atoms with van der Waals surface area (Å²) < 4.78 is 28.0. The Balaban J connectivity index is 2.16. The number of nitrogens with two attached hydrogens (primary N) is 1. The van der Waals surface area contributed by atoms with Gasteiger partial charge < -0.3 is 9.32 Å². The molecule has 118 valence electrons. The van der Waals surface area contributed by atoms with Crippen LogP contribution >= 0.6 is 0 Å². The van der Waals surface area contributed by atoms with E-state index in [1.54, 1.807) is 4.90 Å². The zero-order valence-electron chi connectivity index (χ0n) is 12.7. The van der Waals surface area contributed by atoms with Crippen molar-refractivity contribution in [2.75, 3.05) is 13.1 Å². The normalized spacial score (nSPS) is 18.8. The third-order valence-corrected chi connectivity index (χ3v) is 5.52. The molecule has 0 radical (unpaired) electrons. The van der Waals surface area contributed by atoms with Crippen molar-refractivity contribution >= 4 is 15.9 Å². The van der Waals surface area contributed by atoms with Crippen LogP contribution in [0.3, 0.4) is 0 Å². The minimum Gasteiger partial charge on any atom is -0.455 e. The molecule has 2 N–H and O–H groups in total. The minimum atomic E-state index is -3.86. The Bertz CT molecular complexity index is 640. The molecular weight excluding hydrogens is 292 g/mol. The lowest BCUT2D eigenvalue weighted by molar-refractivity contribution is 0.0568. The second kappa shape index (κ2) is 5.46.